The maximum absolute atomic E-state index is 12.6. The third kappa shape index (κ3) is 3.06. The number of hydrogen-bond acceptors (Lipinski definition) is 2. The van der Waals surface area contributed by atoms with Gasteiger partial charge < -0.3 is 0 Å². The van der Waals surface area contributed by atoms with Crippen LogP contribution in [0.15, 0.2) is 29.2 Å². The van der Waals surface area contributed by atoms with Crippen molar-refractivity contribution < 1.29 is 8.42 Å². The summed E-state index contributed by atoms with van der Waals surface area (Å²) in [4.78, 5) is 0.401. The molecule has 3 nitrogen and oxygen atoms in total. The molecule has 1 aromatic rings. The van der Waals surface area contributed by atoms with Crippen LogP contribution in [-0.2, 0) is 15.4 Å². The van der Waals surface area contributed by atoms with E-state index in [1.54, 1.807) is 23.5 Å². The van der Waals surface area contributed by atoms with E-state index in [-0.39, 0.29) is 0 Å². The molecule has 3 unspecified atom stereocenters. The van der Waals surface area contributed by atoms with E-state index >= 15 is 0 Å². The van der Waals surface area contributed by atoms with Gasteiger partial charge in [0.15, 0.2) is 0 Å². The zero-order valence-electron chi connectivity index (χ0n) is 12.3. The van der Waals surface area contributed by atoms with Gasteiger partial charge in [-0.1, -0.05) is 34.5 Å². The quantitative estimate of drug-likeness (QED) is 0.740. The summed E-state index contributed by atoms with van der Waals surface area (Å²) < 4.78 is 26.8. The molecule has 116 valence electrons. The lowest BCUT2D eigenvalue weighted by atomic mass is 9.89. The predicted octanol–water partition coefficient (Wildman–Crippen LogP) is 3.64. The highest BCUT2D eigenvalue weighted by atomic mass is 79.9. The van der Waals surface area contributed by atoms with Crippen molar-refractivity contribution in [3.63, 3.8) is 0 Å². The molecule has 0 spiro atoms. The molecular weight excluding hydrogens is 350 g/mol. The molecule has 2 saturated carbocycles. The van der Waals surface area contributed by atoms with Gasteiger partial charge in [0.05, 0.1) is 4.90 Å². The molecule has 5 heteroatoms. The van der Waals surface area contributed by atoms with E-state index in [2.05, 4.69) is 15.9 Å². The largest absolute Gasteiger partial charge is 0.242 e. The molecule has 2 fully saturated rings. The van der Waals surface area contributed by atoms with Crippen molar-refractivity contribution in [1.82, 2.24) is 4.31 Å². The van der Waals surface area contributed by atoms with Crippen LogP contribution in [0.4, 0.5) is 0 Å². The molecule has 3 atom stereocenters. The number of sulfonamides is 1. The van der Waals surface area contributed by atoms with Crippen molar-refractivity contribution in [2.24, 2.45) is 17.8 Å². The fourth-order valence-corrected chi connectivity index (χ4v) is 5.56. The lowest BCUT2D eigenvalue weighted by Gasteiger charge is -2.26. The number of alkyl halides is 1. The molecule has 0 N–H and O–H groups in total. The van der Waals surface area contributed by atoms with Crippen LogP contribution in [-0.4, -0.2) is 26.3 Å². The van der Waals surface area contributed by atoms with Crippen molar-refractivity contribution in [1.29, 1.82) is 0 Å². The number of halogens is 1. The summed E-state index contributed by atoms with van der Waals surface area (Å²) in [5, 5.41) is 0.744. The van der Waals surface area contributed by atoms with Crippen molar-refractivity contribution in [3.05, 3.63) is 29.8 Å². The zero-order chi connectivity index (χ0) is 15.0. The van der Waals surface area contributed by atoms with Gasteiger partial charge >= 0.3 is 0 Å². The standard InChI is InChI=1S/C16H22BrNO2S/c1-18(11-15-9-13-2-5-14(15)8-13)21(19,20)16-6-3-12(10-17)4-7-16/h3-4,6-7,13-15H,2,5,8-11H2,1H3. The first-order valence-corrected chi connectivity index (χ1v) is 10.2. The van der Waals surface area contributed by atoms with Gasteiger partial charge in [0.1, 0.15) is 0 Å². The summed E-state index contributed by atoms with van der Waals surface area (Å²) in [5.74, 6) is 2.17. The Labute approximate surface area is 135 Å². The Morgan fingerprint density at radius 1 is 1.19 bits per heavy atom. The van der Waals surface area contributed by atoms with Gasteiger partial charge in [-0.05, 0) is 54.7 Å². The molecular formula is C16H22BrNO2S. The van der Waals surface area contributed by atoms with Crippen LogP contribution in [0.3, 0.4) is 0 Å². The van der Waals surface area contributed by atoms with E-state index < -0.39 is 10.0 Å². The Morgan fingerprint density at radius 2 is 1.90 bits per heavy atom. The molecule has 0 aromatic heterocycles. The third-order valence-corrected chi connectivity index (χ3v) is 7.65. The van der Waals surface area contributed by atoms with E-state index in [1.165, 1.54) is 25.7 Å². The average molecular weight is 372 g/mol. The van der Waals surface area contributed by atoms with Crippen LogP contribution >= 0.6 is 15.9 Å². The number of rotatable bonds is 5. The van der Waals surface area contributed by atoms with Crippen LogP contribution in [0.5, 0.6) is 0 Å². The molecule has 2 bridgehead atoms. The molecule has 0 amide bonds. The Morgan fingerprint density at radius 3 is 2.43 bits per heavy atom. The highest BCUT2D eigenvalue weighted by Gasteiger charge is 2.40. The molecule has 0 aliphatic heterocycles. The molecule has 0 heterocycles. The molecule has 1 aromatic carbocycles. The number of benzene rings is 1. The van der Waals surface area contributed by atoms with Gasteiger partial charge in [-0.3, -0.25) is 0 Å². The second-order valence-corrected chi connectivity index (χ2v) is 9.10. The fraction of sp³-hybridized carbons (Fsp3) is 0.625. The van der Waals surface area contributed by atoms with Crippen LogP contribution in [0.1, 0.15) is 31.2 Å². The van der Waals surface area contributed by atoms with Crippen LogP contribution in [0.25, 0.3) is 0 Å². The minimum atomic E-state index is -3.35. The van der Waals surface area contributed by atoms with Crippen LogP contribution in [0.2, 0.25) is 0 Å². The maximum atomic E-state index is 12.6. The first-order chi connectivity index (χ1) is 10.0. The maximum Gasteiger partial charge on any atom is 0.242 e. The van der Waals surface area contributed by atoms with Gasteiger partial charge in [0, 0.05) is 18.9 Å². The Hall–Kier alpha value is -0.390. The Kier molecular flexibility index (Phi) is 4.44. The van der Waals surface area contributed by atoms with Gasteiger partial charge in [-0.2, -0.15) is 0 Å². The summed E-state index contributed by atoms with van der Waals surface area (Å²) in [5.41, 5.74) is 1.09. The van der Waals surface area contributed by atoms with Gasteiger partial charge in [-0.25, -0.2) is 12.7 Å². The first-order valence-electron chi connectivity index (χ1n) is 7.62. The van der Waals surface area contributed by atoms with Crippen molar-refractivity contribution in [3.8, 4) is 0 Å². The number of fused-ring (bicyclic) bond motifs is 2. The van der Waals surface area contributed by atoms with Gasteiger partial charge in [0.2, 0.25) is 10.0 Å². The first kappa shape index (κ1) is 15.5. The smallest absolute Gasteiger partial charge is 0.207 e. The van der Waals surface area contributed by atoms with Crippen LogP contribution in [0, 0.1) is 17.8 Å². The molecule has 3 rings (SSSR count). The predicted molar refractivity (Wildman–Crippen MR) is 87.8 cm³/mol. The highest BCUT2D eigenvalue weighted by molar-refractivity contribution is 9.08. The Balaban J connectivity index is 1.71. The topological polar surface area (TPSA) is 37.4 Å². The summed E-state index contributed by atoms with van der Waals surface area (Å²) in [6, 6.07) is 7.16. The molecule has 0 saturated heterocycles. The fourth-order valence-electron chi connectivity index (χ4n) is 3.96. The summed E-state index contributed by atoms with van der Waals surface area (Å²) in [6.07, 6.45) is 5.18. The zero-order valence-corrected chi connectivity index (χ0v) is 14.7. The monoisotopic (exact) mass is 371 g/mol. The normalized spacial score (nSPS) is 28.4. The average Bonchev–Trinajstić information content (AvgIpc) is 3.09. The minimum Gasteiger partial charge on any atom is -0.207 e. The van der Waals surface area contributed by atoms with Crippen molar-refractivity contribution in [2.45, 2.75) is 35.9 Å². The molecule has 21 heavy (non-hydrogen) atoms. The summed E-state index contributed by atoms with van der Waals surface area (Å²) in [6.45, 7) is 0.670. The van der Waals surface area contributed by atoms with Crippen molar-refractivity contribution in [2.75, 3.05) is 13.6 Å². The van der Waals surface area contributed by atoms with E-state index in [1.807, 2.05) is 12.1 Å². The Bertz CT molecular complexity index is 599. The molecule has 2 aliphatic rings. The van der Waals surface area contributed by atoms with E-state index in [9.17, 15) is 8.42 Å². The van der Waals surface area contributed by atoms with Crippen molar-refractivity contribution >= 4 is 26.0 Å². The van der Waals surface area contributed by atoms with Gasteiger partial charge in [-0.15, -0.1) is 0 Å². The SMILES string of the molecule is CN(CC1CC2CCC1C2)S(=O)(=O)c1ccc(CBr)cc1. The number of nitrogens with zero attached hydrogens (tertiary/aromatic N) is 1. The molecule has 0 radical (unpaired) electrons. The summed E-state index contributed by atoms with van der Waals surface area (Å²) in [7, 11) is -1.63. The lowest BCUT2D eigenvalue weighted by Crippen LogP contribution is -2.33. The lowest BCUT2D eigenvalue weighted by molar-refractivity contribution is 0.280. The van der Waals surface area contributed by atoms with Crippen LogP contribution < -0.4 is 0 Å². The minimum absolute atomic E-state index is 0.401. The second kappa shape index (κ2) is 6.01. The van der Waals surface area contributed by atoms with E-state index in [0.717, 1.165) is 22.7 Å². The molecule has 2 aliphatic carbocycles. The van der Waals surface area contributed by atoms with E-state index in [0.29, 0.717) is 17.4 Å². The second-order valence-electron chi connectivity index (χ2n) is 6.50. The van der Waals surface area contributed by atoms with Gasteiger partial charge in [0.25, 0.3) is 0 Å². The highest BCUT2D eigenvalue weighted by Crippen LogP contribution is 2.48. The third-order valence-electron chi connectivity index (χ3n) is 5.16. The summed E-state index contributed by atoms with van der Waals surface area (Å²) >= 11 is 3.38. The van der Waals surface area contributed by atoms with E-state index in [4.69, 9.17) is 0 Å². The number of hydrogen-bond donors (Lipinski definition) is 0.